The highest BCUT2D eigenvalue weighted by Gasteiger charge is 2.13. The number of nitrogens with one attached hydrogen (secondary N) is 1. The van der Waals surface area contributed by atoms with Crippen molar-refractivity contribution in [3.63, 3.8) is 0 Å². The van der Waals surface area contributed by atoms with Crippen LogP contribution in [0.2, 0.25) is 0 Å². The highest BCUT2D eigenvalue weighted by molar-refractivity contribution is 5.77. The van der Waals surface area contributed by atoms with E-state index in [2.05, 4.69) is 19.2 Å². The quantitative estimate of drug-likeness (QED) is 0.828. The highest BCUT2D eigenvalue weighted by Crippen LogP contribution is 2.18. The molecule has 1 amide bonds. The molecule has 0 unspecified atom stereocenters. The summed E-state index contributed by atoms with van der Waals surface area (Å²) in [4.78, 5) is 11.5. The van der Waals surface area contributed by atoms with Crippen molar-refractivity contribution in [2.75, 3.05) is 13.2 Å². The molecule has 1 aromatic carbocycles. The van der Waals surface area contributed by atoms with Crippen molar-refractivity contribution in [1.82, 2.24) is 5.32 Å². The number of hydrogen-bond donors (Lipinski definition) is 2. The van der Waals surface area contributed by atoms with E-state index in [-0.39, 0.29) is 19.1 Å². The molecule has 19 heavy (non-hydrogen) atoms. The van der Waals surface area contributed by atoms with Crippen LogP contribution in [0, 0.1) is 0 Å². The lowest BCUT2D eigenvalue weighted by Gasteiger charge is -2.17. The number of hydrogen-bond acceptors (Lipinski definition) is 3. The smallest absolute Gasteiger partial charge is 0.258 e. The molecule has 0 heterocycles. The maximum Gasteiger partial charge on any atom is 0.258 e. The fraction of sp³-hybridized carbons (Fsp3) is 0.533. The highest BCUT2D eigenvalue weighted by atomic mass is 16.5. The van der Waals surface area contributed by atoms with Gasteiger partial charge in [-0.25, -0.2) is 0 Å². The lowest BCUT2D eigenvalue weighted by Crippen LogP contribution is -2.40. The zero-order valence-corrected chi connectivity index (χ0v) is 12.1. The lowest BCUT2D eigenvalue weighted by molar-refractivity contribution is -0.124. The van der Waals surface area contributed by atoms with E-state index in [0.717, 1.165) is 0 Å². The third-order valence-corrected chi connectivity index (χ3v) is 2.63. The second kappa shape index (κ2) is 6.57. The van der Waals surface area contributed by atoms with Gasteiger partial charge in [-0.3, -0.25) is 4.79 Å². The number of carbonyl (C=O) groups is 1. The topological polar surface area (TPSA) is 58.6 Å². The van der Waals surface area contributed by atoms with Crippen LogP contribution in [0.1, 0.15) is 39.2 Å². The van der Waals surface area contributed by atoms with E-state index in [1.165, 1.54) is 5.56 Å². The molecule has 4 nitrogen and oxygen atoms in total. The molecule has 1 rings (SSSR count). The van der Waals surface area contributed by atoms with E-state index in [1.54, 1.807) is 13.8 Å². The van der Waals surface area contributed by atoms with Gasteiger partial charge in [0.2, 0.25) is 0 Å². The van der Waals surface area contributed by atoms with Gasteiger partial charge in [0, 0.05) is 6.54 Å². The summed E-state index contributed by atoms with van der Waals surface area (Å²) in [5.41, 5.74) is 0.327. The van der Waals surface area contributed by atoms with Gasteiger partial charge < -0.3 is 15.2 Å². The lowest BCUT2D eigenvalue weighted by atomic mass is 10.0. The summed E-state index contributed by atoms with van der Waals surface area (Å²) < 4.78 is 5.37. The second-order valence-electron chi connectivity index (χ2n) is 5.60. The van der Waals surface area contributed by atoms with Crippen LogP contribution in [0.4, 0.5) is 0 Å². The van der Waals surface area contributed by atoms with E-state index < -0.39 is 5.60 Å². The Morgan fingerprint density at radius 1 is 1.32 bits per heavy atom. The predicted molar refractivity (Wildman–Crippen MR) is 75.3 cm³/mol. The molecule has 0 spiro atoms. The van der Waals surface area contributed by atoms with Crippen LogP contribution in [0.15, 0.2) is 24.3 Å². The molecule has 0 atom stereocenters. The molecule has 0 aliphatic carbocycles. The van der Waals surface area contributed by atoms with Crippen LogP contribution in [-0.2, 0) is 4.79 Å². The summed E-state index contributed by atoms with van der Waals surface area (Å²) in [6.07, 6.45) is 0. The van der Waals surface area contributed by atoms with Crippen molar-refractivity contribution in [2.45, 2.75) is 39.2 Å². The Morgan fingerprint density at radius 2 is 1.89 bits per heavy atom. The van der Waals surface area contributed by atoms with Crippen molar-refractivity contribution in [1.29, 1.82) is 0 Å². The minimum absolute atomic E-state index is 0.0445. The Balaban J connectivity index is 2.38. The standard InChI is InChI=1S/C15H23NO3/c1-11(2)12-5-7-13(8-6-12)19-9-14(17)16-10-15(3,4)18/h5-8,11,18H,9-10H2,1-4H3,(H,16,17). The monoisotopic (exact) mass is 265 g/mol. The molecule has 0 aliphatic rings. The Labute approximate surface area is 114 Å². The number of aliphatic hydroxyl groups is 1. The fourth-order valence-corrected chi connectivity index (χ4v) is 1.46. The number of benzene rings is 1. The van der Waals surface area contributed by atoms with Crippen LogP contribution in [-0.4, -0.2) is 29.8 Å². The molecule has 0 aromatic heterocycles. The molecule has 0 fully saturated rings. The molecule has 4 heteroatoms. The van der Waals surface area contributed by atoms with Gasteiger partial charge in [0.15, 0.2) is 6.61 Å². The molecule has 2 N–H and O–H groups in total. The van der Waals surface area contributed by atoms with Gasteiger partial charge >= 0.3 is 0 Å². The largest absolute Gasteiger partial charge is 0.484 e. The minimum Gasteiger partial charge on any atom is -0.484 e. The molecule has 0 bridgehead atoms. The first-order valence-electron chi connectivity index (χ1n) is 6.50. The predicted octanol–water partition coefficient (Wildman–Crippen LogP) is 2.08. The van der Waals surface area contributed by atoms with Crippen molar-refractivity contribution < 1.29 is 14.6 Å². The normalized spacial score (nSPS) is 11.5. The van der Waals surface area contributed by atoms with Crippen molar-refractivity contribution in [3.05, 3.63) is 29.8 Å². The molecular formula is C15H23NO3. The van der Waals surface area contributed by atoms with Gasteiger partial charge in [-0.1, -0.05) is 26.0 Å². The third-order valence-electron chi connectivity index (χ3n) is 2.63. The van der Waals surface area contributed by atoms with Crippen LogP contribution in [0.5, 0.6) is 5.75 Å². The summed E-state index contributed by atoms with van der Waals surface area (Å²) in [6.45, 7) is 7.69. The first kappa shape index (κ1) is 15.5. The summed E-state index contributed by atoms with van der Waals surface area (Å²) in [5, 5.41) is 12.1. The Hall–Kier alpha value is -1.55. The molecular weight excluding hydrogens is 242 g/mol. The summed E-state index contributed by atoms with van der Waals surface area (Å²) in [6, 6.07) is 7.71. The minimum atomic E-state index is -0.908. The van der Waals surface area contributed by atoms with Crippen molar-refractivity contribution in [3.8, 4) is 5.75 Å². The Morgan fingerprint density at radius 3 is 2.37 bits per heavy atom. The van der Waals surface area contributed by atoms with Crippen LogP contribution < -0.4 is 10.1 Å². The summed E-state index contributed by atoms with van der Waals surface area (Å²) >= 11 is 0. The zero-order valence-electron chi connectivity index (χ0n) is 12.1. The van der Waals surface area contributed by atoms with Gasteiger partial charge in [0.25, 0.3) is 5.91 Å². The zero-order chi connectivity index (χ0) is 14.5. The average Bonchev–Trinajstić information content (AvgIpc) is 2.33. The van der Waals surface area contributed by atoms with E-state index in [4.69, 9.17) is 4.74 Å². The van der Waals surface area contributed by atoms with Gasteiger partial charge in [0.05, 0.1) is 5.60 Å². The van der Waals surface area contributed by atoms with Gasteiger partial charge in [0.1, 0.15) is 5.75 Å². The Bertz CT molecular complexity index is 404. The molecule has 0 saturated heterocycles. The average molecular weight is 265 g/mol. The Kier molecular flexibility index (Phi) is 5.36. The van der Waals surface area contributed by atoms with E-state index in [0.29, 0.717) is 11.7 Å². The summed E-state index contributed by atoms with van der Waals surface area (Å²) in [5.74, 6) is 0.905. The first-order valence-corrected chi connectivity index (χ1v) is 6.50. The second-order valence-corrected chi connectivity index (χ2v) is 5.60. The SMILES string of the molecule is CC(C)c1ccc(OCC(=O)NCC(C)(C)O)cc1. The van der Waals surface area contributed by atoms with Gasteiger partial charge in [-0.05, 0) is 37.5 Å². The van der Waals surface area contributed by atoms with Crippen LogP contribution in [0.25, 0.3) is 0 Å². The van der Waals surface area contributed by atoms with Gasteiger partial charge in [-0.15, -0.1) is 0 Å². The van der Waals surface area contributed by atoms with Crippen molar-refractivity contribution in [2.24, 2.45) is 0 Å². The number of carbonyl (C=O) groups excluding carboxylic acids is 1. The van der Waals surface area contributed by atoms with Crippen LogP contribution >= 0.6 is 0 Å². The number of rotatable bonds is 6. The maximum atomic E-state index is 11.5. The fourth-order valence-electron chi connectivity index (χ4n) is 1.46. The molecule has 0 saturated carbocycles. The molecule has 1 aromatic rings. The molecule has 0 aliphatic heterocycles. The van der Waals surface area contributed by atoms with E-state index in [9.17, 15) is 9.90 Å². The molecule has 0 radical (unpaired) electrons. The van der Waals surface area contributed by atoms with Crippen molar-refractivity contribution >= 4 is 5.91 Å². The van der Waals surface area contributed by atoms with Crippen LogP contribution in [0.3, 0.4) is 0 Å². The van der Waals surface area contributed by atoms with Gasteiger partial charge in [-0.2, -0.15) is 0 Å². The van der Waals surface area contributed by atoms with E-state index in [1.807, 2.05) is 24.3 Å². The van der Waals surface area contributed by atoms with E-state index >= 15 is 0 Å². The first-order chi connectivity index (χ1) is 8.78. The molecule has 106 valence electrons. The third kappa shape index (κ3) is 6.25. The maximum absolute atomic E-state index is 11.5. The number of ether oxygens (including phenoxy) is 1. The number of amides is 1. The summed E-state index contributed by atoms with van der Waals surface area (Å²) in [7, 11) is 0.